The molecule has 1 amide bonds. The van der Waals surface area contributed by atoms with E-state index in [1.54, 1.807) is 0 Å². The molecular formula is C16H24N2O7S. The van der Waals surface area contributed by atoms with Gasteiger partial charge in [-0.15, -0.1) is 0 Å². The number of sulfonamides is 1. The van der Waals surface area contributed by atoms with E-state index >= 15 is 0 Å². The quantitative estimate of drug-likeness (QED) is 0.554. The summed E-state index contributed by atoms with van der Waals surface area (Å²) >= 11 is 0. The fourth-order valence-corrected chi connectivity index (χ4v) is 3.42. The lowest BCUT2D eigenvalue weighted by atomic mass is 10.2. The maximum Gasteiger partial charge on any atom is 0.325 e. The molecule has 0 aliphatic heterocycles. The molecule has 0 heterocycles. The van der Waals surface area contributed by atoms with E-state index in [1.807, 2.05) is 0 Å². The average molecular weight is 388 g/mol. The molecule has 0 bridgehead atoms. The van der Waals surface area contributed by atoms with Crippen LogP contribution in [0.3, 0.4) is 0 Å². The predicted octanol–water partition coefficient (Wildman–Crippen LogP) is 0.173. The van der Waals surface area contributed by atoms with Gasteiger partial charge in [0, 0.05) is 32.9 Å². The summed E-state index contributed by atoms with van der Waals surface area (Å²) in [4.78, 5) is 22.8. The van der Waals surface area contributed by atoms with Crippen LogP contribution in [0.15, 0.2) is 29.2 Å². The Morgan fingerprint density at radius 1 is 1.12 bits per heavy atom. The van der Waals surface area contributed by atoms with Crippen LogP contribution in [-0.2, 0) is 24.3 Å². The van der Waals surface area contributed by atoms with Gasteiger partial charge in [0.15, 0.2) is 0 Å². The van der Waals surface area contributed by atoms with E-state index in [-0.39, 0.29) is 36.8 Å². The van der Waals surface area contributed by atoms with E-state index in [0.717, 1.165) is 0 Å². The van der Waals surface area contributed by atoms with E-state index in [0.29, 0.717) is 0 Å². The first-order valence-electron chi connectivity index (χ1n) is 7.85. The second kappa shape index (κ2) is 10.2. The zero-order valence-electron chi connectivity index (χ0n) is 15.0. The van der Waals surface area contributed by atoms with Gasteiger partial charge in [-0.3, -0.25) is 9.59 Å². The van der Waals surface area contributed by atoms with Crippen LogP contribution in [0.4, 0.5) is 0 Å². The molecule has 9 nitrogen and oxygen atoms in total. The van der Waals surface area contributed by atoms with Crippen LogP contribution in [0.25, 0.3) is 0 Å². The second-order valence-corrected chi connectivity index (χ2v) is 7.39. The first-order chi connectivity index (χ1) is 12.2. The molecule has 26 heavy (non-hydrogen) atoms. The van der Waals surface area contributed by atoms with E-state index in [1.165, 1.54) is 49.7 Å². The van der Waals surface area contributed by atoms with Crippen LogP contribution in [-0.4, -0.2) is 76.3 Å². The lowest BCUT2D eigenvalue weighted by Gasteiger charge is -2.21. The summed E-state index contributed by atoms with van der Waals surface area (Å²) in [6.45, 7) is 2.14. The zero-order valence-corrected chi connectivity index (χ0v) is 15.8. The Hall–Kier alpha value is -2.01. The van der Waals surface area contributed by atoms with Crippen LogP contribution in [0.1, 0.15) is 17.3 Å². The molecule has 0 aliphatic carbocycles. The lowest BCUT2D eigenvalue weighted by molar-refractivity contribution is -0.138. The number of ether oxygens (including phenoxy) is 2. The van der Waals surface area contributed by atoms with Gasteiger partial charge < -0.3 is 19.9 Å². The minimum Gasteiger partial charge on any atom is -0.480 e. The van der Waals surface area contributed by atoms with Gasteiger partial charge in [0.2, 0.25) is 10.0 Å². The third-order valence-electron chi connectivity index (χ3n) is 3.56. The van der Waals surface area contributed by atoms with Gasteiger partial charge in [-0.05, 0) is 31.2 Å². The number of carboxylic acid groups (broad SMARTS) is 1. The molecule has 1 aromatic rings. The highest BCUT2D eigenvalue weighted by atomic mass is 32.2. The maximum absolute atomic E-state index is 12.7. The molecule has 0 saturated carbocycles. The first-order valence-corrected chi connectivity index (χ1v) is 9.29. The van der Waals surface area contributed by atoms with Crippen molar-refractivity contribution >= 4 is 21.9 Å². The minimum atomic E-state index is -3.78. The van der Waals surface area contributed by atoms with Gasteiger partial charge in [-0.25, -0.2) is 8.42 Å². The van der Waals surface area contributed by atoms with E-state index < -0.39 is 27.9 Å². The molecule has 1 rings (SSSR count). The highest BCUT2D eigenvalue weighted by molar-refractivity contribution is 7.89. The number of nitrogens with zero attached hydrogens (tertiary/aromatic N) is 1. The second-order valence-electron chi connectivity index (χ2n) is 5.45. The highest BCUT2D eigenvalue weighted by Crippen LogP contribution is 2.16. The smallest absolute Gasteiger partial charge is 0.325 e. The number of aliphatic carboxylic acids is 1. The lowest BCUT2D eigenvalue weighted by Crippen LogP contribution is -2.38. The highest BCUT2D eigenvalue weighted by Gasteiger charge is 2.24. The molecule has 0 spiro atoms. The average Bonchev–Trinajstić information content (AvgIpc) is 2.61. The summed E-state index contributed by atoms with van der Waals surface area (Å²) in [5.74, 6) is -1.76. The fraction of sp³-hybridized carbons (Fsp3) is 0.500. The molecule has 0 fully saturated rings. The topological polar surface area (TPSA) is 122 Å². The summed E-state index contributed by atoms with van der Waals surface area (Å²) < 4.78 is 36.6. The van der Waals surface area contributed by atoms with Crippen LogP contribution in [0.2, 0.25) is 0 Å². The van der Waals surface area contributed by atoms with Crippen molar-refractivity contribution in [3.8, 4) is 0 Å². The van der Waals surface area contributed by atoms with Crippen LogP contribution in [0.5, 0.6) is 0 Å². The normalized spacial score (nSPS) is 12.8. The van der Waals surface area contributed by atoms with E-state index in [2.05, 4.69) is 5.32 Å². The number of benzene rings is 1. The summed E-state index contributed by atoms with van der Waals surface area (Å²) in [5.41, 5.74) is 0.164. The maximum atomic E-state index is 12.7. The van der Waals surface area contributed by atoms with Crippen molar-refractivity contribution < 1.29 is 32.6 Å². The van der Waals surface area contributed by atoms with Crippen molar-refractivity contribution in [1.82, 2.24) is 9.62 Å². The summed E-state index contributed by atoms with van der Waals surface area (Å²) in [7, 11) is -0.819. The number of hydrogen-bond donors (Lipinski definition) is 2. The molecule has 0 radical (unpaired) electrons. The fourth-order valence-electron chi connectivity index (χ4n) is 2.01. The van der Waals surface area contributed by atoms with Crippen LogP contribution >= 0.6 is 0 Å². The molecular weight excluding hydrogens is 364 g/mol. The number of methoxy groups -OCH3 is 2. The molecule has 1 atom stereocenters. The molecule has 0 saturated heterocycles. The zero-order chi connectivity index (χ0) is 19.7. The van der Waals surface area contributed by atoms with Gasteiger partial charge in [-0.1, -0.05) is 0 Å². The third-order valence-corrected chi connectivity index (χ3v) is 5.47. The van der Waals surface area contributed by atoms with Crippen molar-refractivity contribution in [3.63, 3.8) is 0 Å². The largest absolute Gasteiger partial charge is 0.480 e. The molecule has 146 valence electrons. The number of rotatable bonds is 11. The van der Waals surface area contributed by atoms with Gasteiger partial charge in [0.1, 0.15) is 6.04 Å². The van der Waals surface area contributed by atoms with Crippen molar-refractivity contribution in [2.45, 2.75) is 17.9 Å². The monoisotopic (exact) mass is 388 g/mol. The summed E-state index contributed by atoms with van der Waals surface area (Å²) in [5, 5.41) is 11.1. The Labute approximate surface area is 152 Å². The summed E-state index contributed by atoms with van der Waals surface area (Å²) in [6, 6.07) is 4.23. The third kappa shape index (κ3) is 6.06. The molecule has 0 aliphatic rings. The number of carbonyl (C=O) groups is 2. The van der Waals surface area contributed by atoms with Crippen molar-refractivity contribution in [3.05, 3.63) is 29.8 Å². The Balaban J connectivity index is 2.96. The van der Waals surface area contributed by atoms with Crippen molar-refractivity contribution in [2.75, 3.05) is 40.5 Å². The van der Waals surface area contributed by atoms with Crippen LogP contribution < -0.4 is 5.32 Å². The van der Waals surface area contributed by atoms with E-state index in [4.69, 9.17) is 14.6 Å². The number of amides is 1. The molecule has 1 aromatic carbocycles. The van der Waals surface area contributed by atoms with Crippen molar-refractivity contribution in [1.29, 1.82) is 0 Å². The SMILES string of the molecule is COCCN(CCOC)S(=O)(=O)c1ccc(C(=O)N[C@@H](C)C(=O)O)cc1. The summed E-state index contributed by atoms with van der Waals surface area (Å²) in [6.07, 6.45) is 0. The first kappa shape index (κ1) is 22.0. The van der Waals surface area contributed by atoms with E-state index in [9.17, 15) is 18.0 Å². The van der Waals surface area contributed by atoms with Crippen LogP contribution in [0, 0.1) is 0 Å². The Bertz CT molecular complexity index is 696. The van der Waals surface area contributed by atoms with Gasteiger partial charge >= 0.3 is 5.97 Å². The van der Waals surface area contributed by atoms with Crippen molar-refractivity contribution in [2.24, 2.45) is 0 Å². The Morgan fingerprint density at radius 2 is 1.62 bits per heavy atom. The number of nitrogens with one attached hydrogen (secondary N) is 1. The molecule has 0 unspecified atom stereocenters. The predicted molar refractivity (Wildman–Crippen MR) is 93.5 cm³/mol. The molecule has 2 N–H and O–H groups in total. The Morgan fingerprint density at radius 3 is 2.04 bits per heavy atom. The number of hydrogen-bond acceptors (Lipinski definition) is 6. The minimum absolute atomic E-state index is 0.0209. The standard InChI is InChI=1S/C16H24N2O7S/c1-12(16(20)21)17-15(19)13-4-6-14(7-5-13)26(22,23)18(8-10-24-2)9-11-25-3/h4-7,12H,8-11H2,1-3H3,(H,17,19)(H,20,21)/t12-/m0/s1. The number of carboxylic acids is 1. The van der Waals surface area contributed by atoms with Gasteiger partial charge in [0.25, 0.3) is 5.91 Å². The number of carbonyl (C=O) groups excluding carboxylic acids is 1. The Kier molecular flexibility index (Phi) is 8.66. The molecule has 0 aromatic heterocycles. The van der Waals surface area contributed by atoms with Gasteiger partial charge in [-0.2, -0.15) is 4.31 Å². The molecule has 10 heteroatoms. The van der Waals surface area contributed by atoms with Gasteiger partial charge in [0.05, 0.1) is 18.1 Å².